The molecule has 0 aliphatic carbocycles. The number of benzene rings is 4. The van der Waals surface area contributed by atoms with Gasteiger partial charge in [0.1, 0.15) is 34.6 Å². The van der Waals surface area contributed by atoms with E-state index in [2.05, 4.69) is 0 Å². The Kier molecular flexibility index (Phi) is 6.42. The van der Waals surface area contributed by atoms with Crippen molar-refractivity contribution in [3.63, 3.8) is 0 Å². The van der Waals surface area contributed by atoms with Gasteiger partial charge >= 0.3 is 0 Å². The van der Waals surface area contributed by atoms with Crippen molar-refractivity contribution in [2.24, 2.45) is 0 Å². The van der Waals surface area contributed by atoms with E-state index in [9.17, 15) is 12.8 Å². The Labute approximate surface area is 191 Å². The van der Waals surface area contributed by atoms with Crippen molar-refractivity contribution in [3.8, 4) is 22.6 Å². The van der Waals surface area contributed by atoms with Crippen LogP contribution in [0.2, 0.25) is 0 Å². The van der Waals surface area contributed by atoms with Crippen LogP contribution in [0.5, 0.6) is 11.5 Å². The first kappa shape index (κ1) is 22.5. The molecule has 0 radical (unpaired) electrons. The van der Waals surface area contributed by atoms with Crippen molar-refractivity contribution >= 4 is 9.84 Å². The van der Waals surface area contributed by atoms with Crippen LogP contribution in [0.1, 0.15) is 5.56 Å². The number of rotatable bonds is 7. The molecule has 7 heteroatoms. The first-order chi connectivity index (χ1) is 15.9. The second-order valence-electron chi connectivity index (χ2n) is 7.24. The highest BCUT2D eigenvalue weighted by Crippen LogP contribution is 2.37. The molecular formula is C26H20F2O4S. The van der Waals surface area contributed by atoms with E-state index < -0.39 is 26.4 Å². The maximum atomic E-state index is 15.2. The topological polar surface area (TPSA) is 52.6 Å². The first-order valence-corrected chi connectivity index (χ1v) is 11.5. The smallest absolute Gasteiger partial charge is 0.209 e. The number of halogens is 2. The predicted octanol–water partition coefficient (Wildman–Crippen LogP) is 6.05. The zero-order chi connectivity index (χ0) is 23.4. The Morgan fingerprint density at radius 2 is 1.55 bits per heavy atom. The summed E-state index contributed by atoms with van der Waals surface area (Å²) in [6.07, 6.45) is 0. The lowest BCUT2D eigenvalue weighted by Gasteiger charge is -2.15. The molecule has 0 bridgehead atoms. The molecule has 168 valence electrons. The Morgan fingerprint density at radius 1 is 0.818 bits per heavy atom. The monoisotopic (exact) mass is 466 g/mol. The number of methoxy groups -OCH3 is 1. The second-order valence-corrected chi connectivity index (χ2v) is 9.16. The zero-order valence-corrected chi connectivity index (χ0v) is 18.5. The Hall–Kier alpha value is -3.71. The third-order valence-corrected chi connectivity index (χ3v) is 6.85. The molecule has 0 atom stereocenters. The molecular weight excluding hydrogens is 446 g/mol. The summed E-state index contributed by atoms with van der Waals surface area (Å²) in [5, 5.41) is 0. The van der Waals surface area contributed by atoms with E-state index in [1.54, 1.807) is 6.07 Å². The van der Waals surface area contributed by atoms with Crippen molar-refractivity contribution in [2.45, 2.75) is 16.4 Å². The van der Waals surface area contributed by atoms with E-state index in [4.69, 9.17) is 9.47 Å². The lowest BCUT2D eigenvalue weighted by atomic mass is 10.0. The molecule has 0 fully saturated rings. The fourth-order valence-electron chi connectivity index (χ4n) is 3.36. The van der Waals surface area contributed by atoms with Crippen LogP contribution in [0, 0.1) is 11.6 Å². The summed E-state index contributed by atoms with van der Waals surface area (Å²) in [4.78, 5) is -0.620. The fraction of sp³-hybridized carbons (Fsp3) is 0.0769. The SMILES string of the molecule is COc1ccc(S(=O)(=O)c2cc(OCc3ccccc3)c(-c3cccc(F)c3)cc2F)cc1. The van der Waals surface area contributed by atoms with Crippen LogP contribution in [-0.4, -0.2) is 15.5 Å². The van der Waals surface area contributed by atoms with Gasteiger partial charge in [0.15, 0.2) is 0 Å². The standard InChI is InChI=1S/C26H20F2O4S/c1-31-21-10-12-22(13-11-21)33(29,30)26-16-25(32-17-18-6-3-2-4-7-18)23(15-24(26)28)19-8-5-9-20(27)14-19/h2-16H,17H2,1H3. The number of hydrogen-bond acceptors (Lipinski definition) is 4. The lowest BCUT2D eigenvalue weighted by molar-refractivity contribution is 0.306. The van der Waals surface area contributed by atoms with Crippen LogP contribution >= 0.6 is 0 Å². The van der Waals surface area contributed by atoms with Crippen molar-refractivity contribution < 1.29 is 26.7 Å². The number of ether oxygens (including phenoxy) is 2. The third-order valence-electron chi connectivity index (χ3n) is 5.07. The quantitative estimate of drug-likeness (QED) is 0.333. The average molecular weight is 467 g/mol. The molecule has 0 aliphatic heterocycles. The van der Waals surface area contributed by atoms with Crippen LogP contribution < -0.4 is 9.47 Å². The Morgan fingerprint density at radius 3 is 2.21 bits per heavy atom. The zero-order valence-electron chi connectivity index (χ0n) is 17.7. The van der Waals surface area contributed by atoms with Gasteiger partial charge in [0.25, 0.3) is 0 Å². The highest BCUT2D eigenvalue weighted by Gasteiger charge is 2.25. The maximum absolute atomic E-state index is 15.2. The second kappa shape index (κ2) is 9.42. The van der Waals surface area contributed by atoms with E-state index in [-0.39, 0.29) is 22.8 Å². The normalized spacial score (nSPS) is 11.2. The molecule has 0 N–H and O–H groups in total. The molecule has 4 nitrogen and oxygen atoms in total. The van der Waals surface area contributed by atoms with E-state index in [0.29, 0.717) is 11.3 Å². The van der Waals surface area contributed by atoms with Gasteiger partial charge in [0.05, 0.1) is 12.0 Å². The van der Waals surface area contributed by atoms with E-state index in [0.717, 1.165) is 17.7 Å². The van der Waals surface area contributed by atoms with Gasteiger partial charge in [-0.1, -0.05) is 42.5 Å². The van der Waals surface area contributed by atoms with Gasteiger partial charge in [-0.15, -0.1) is 0 Å². The minimum Gasteiger partial charge on any atom is -0.497 e. The molecule has 0 unspecified atom stereocenters. The molecule has 0 spiro atoms. The van der Waals surface area contributed by atoms with Gasteiger partial charge in [-0.2, -0.15) is 0 Å². The molecule has 4 aromatic carbocycles. The largest absolute Gasteiger partial charge is 0.497 e. The summed E-state index contributed by atoms with van der Waals surface area (Å²) in [5.74, 6) is -0.866. The Bertz CT molecular complexity index is 1370. The minimum absolute atomic E-state index is 0.0882. The van der Waals surface area contributed by atoms with Gasteiger partial charge in [0, 0.05) is 11.6 Å². The van der Waals surface area contributed by atoms with Crippen LogP contribution in [0.3, 0.4) is 0 Å². The van der Waals surface area contributed by atoms with Crippen molar-refractivity contribution in [3.05, 3.63) is 108 Å². The maximum Gasteiger partial charge on any atom is 0.209 e. The van der Waals surface area contributed by atoms with E-state index >= 15 is 4.39 Å². The highest BCUT2D eigenvalue weighted by atomic mass is 32.2. The van der Waals surface area contributed by atoms with E-state index in [1.165, 1.54) is 49.6 Å². The van der Waals surface area contributed by atoms with Gasteiger partial charge in [-0.3, -0.25) is 0 Å². The van der Waals surface area contributed by atoms with Gasteiger partial charge < -0.3 is 9.47 Å². The van der Waals surface area contributed by atoms with Crippen LogP contribution in [0.15, 0.2) is 101 Å². The highest BCUT2D eigenvalue weighted by molar-refractivity contribution is 7.91. The molecule has 33 heavy (non-hydrogen) atoms. The summed E-state index contributed by atoms with van der Waals surface area (Å²) in [6.45, 7) is 0.122. The first-order valence-electron chi connectivity index (χ1n) is 10.0. The van der Waals surface area contributed by atoms with Crippen molar-refractivity contribution in [1.82, 2.24) is 0 Å². The minimum atomic E-state index is -4.19. The average Bonchev–Trinajstić information content (AvgIpc) is 2.83. The number of sulfone groups is 1. The molecule has 0 amide bonds. The molecule has 4 aromatic rings. The molecule has 0 saturated heterocycles. The molecule has 4 rings (SSSR count). The molecule has 0 heterocycles. The van der Waals surface area contributed by atoms with E-state index in [1.807, 2.05) is 30.3 Å². The predicted molar refractivity (Wildman–Crippen MR) is 121 cm³/mol. The van der Waals surface area contributed by atoms with Gasteiger partial charge in [-0.25, -0.2) is 17.2 Å². The van der Waals surface area contributed by atoms with Crippen LogP contribution in [0.4, 0.5) is 8.78 Å². The van der Waals surface area contributed by atoms with Crippen LogP contribution in [-0.2, 0) is 16.4 Å². The van der Waals surface area contributed by atoms with Gasteiger partial charge in [0.2, 0.25) is 9.84 Å². The number of hydrogen-bond donors (Lipinski definition) is 0. The Balaban J connectivity index is 1.81. The summed E-state index contributed by atoms with van der Waals surface area (Å²) < 4.78 is 66.3. The molecule has 0 saturated carbocycles. The molecule has 0 aromatic heterocycles. The van der Waals surface area contributed by atoms with Crippen molar-refractivity contribution in [2.75, 3.05) is 7.11 Å². The lowest BCUT2D eigenvalue weighted by Crippen LogP contribution is -2.07. The summed E-state index contributed by atoms with van der Waals surface area (Å²) in [5.41, 5.74) is 1.45. The fourth-order valence-corrected chi connectivity index (χ4v) is 4.69. The summed E-state index contributed by atoms with van der Waals surface area (Å²) >= 11 is 0. The molecule has 0 aliphatic rings. The van der Waals surface area contributed by atoms with Crippen molar-refractivity contribution in [1.29, 1.82) is 0 Å². The summed E-state index contributed by atoms with van der Waals surface area (Å²) in [6, 6.07) is 22.7. The third kappa shape index (κ3) is 4.88. The van der Waals surface area contributed by atoms with Crippen LogP contribution in [0.25, 0.3) is 11.1 Å². The van der Waals surface area contributed by atoms with Gasteiger partial charge in [-0.05, 0) is 53.6 Å². The summed E-state index contributed by atoms with van der Waals surface area (Å²) in [7, 11) is -2.73.